The van der Waals surface area contributed by atoms with Gasteiger partial charge in [0.25, 0.3) is 0 Å². The highest BCUT2D eigenvalue weighted by molar-refractivity contribution is 5.72. The van der Waals surface area contributed by atoms with E-state index in [1.807, 2.05) is 0 Å². The van der Waals surface area contributed by atoms with Gasteiger partial charge in [0, 0.05) is 32.5 Å². The lowest BCUT2D eigenvalue weighted by atomic mass is 9.94. The van der Waals surface area contributed by atoms with E-state index in [-0.39, 0.29) is 12.1 Å². The largest absolute Gasteiger partial charge is 0.481 e. The van der Waals surface area contributed by atoms with E-state index in [1.54, 1.807) is 0 Å². The van der Waals surface area contributed by atoms with Crippen LogP contribution in [0, 0.1) is 11.3 Å². The Kier molecular flexibility index (Phi) is 38.4. The van der Waals surface area contributed by atoms with Crippen molar-refractivity contribution in [2.45, 2.75) is 259 Å². The topological polar surface area (TPSA) is 65.9 Å². The molecule has 1 rings (SSSR count). The van der Waals surface area contributed by atoms with E-state index < -0.39 is 0 Å². The van der Waals surface area contributed by atoms with Gasteiger partial charge < -0.3 is 19.3 Å². The second kappa shape index (κ2) is 40.6. The van der Waals surface area contributed by atoms with Crippen LogP contribution in [0.3, 0.4) is 0 Å². The second-order valence-corrected chi connectivity index (χ2v) is 17.9. The van der Waals surface area contributed by atoms with E-state index in [4.69, 9.17) is 14.9 Å². The molecule has 2 atom stereocenters. The van der Waals surface area contributed by atoms with E-state index in [9.17, 15) is 4.79 Å². The number of nitrogens with zero attached hydrogens (tertiary/aromatic N) is 2. The Morgan fingerprint density at radius 3 is 1.50 bits per heavy atom. The molecule has 0 aliphatic carbocycles. The normalized spacial score (nSPS) is 14.4. The fourth-order valence-corrected chi connectivity index (χ4v) is 8.51. The summed E-state index contributed by atoms with van der Waals surface area (Å²) in [6, 6.07) is 0. The molecular weight excluding hydrogens is 691 g/mol. The lowest BCUT2D eigenvalue weighted by Gasteiger charge is -2.25. The van der Waals surface area contributed by atoms with Crippen molar-refractivity contribution in [3.8, 4) is 0 Å². The Hall–Kier alpha value is -1.14. The molecular formula is C50H99N3O3. The van der Waals surface area contributed by atoms with Crippen LogP contribution in [0.1, 0.15) is 252 Å². The molecule has 0 bridgehead atoms. The molecule has 56 heavy (non-hydrogen) atoms. The predicted molar refractivity (Wildman–Crippen MR) is 244 cm³/mol. The third-order valence-electron chi connectivity index (χ3n) is 12.4. The van der Waals surface area contributed by atoms with Gasteiger partial charge in [0.15, 0.2) is 5.90 Å². The van der Waals surface area contributed by atoms with Gasteiger partial charge in [-0.05, 0) is 89.8 Å². The highest BCUT2D eigenvalue weighted by Crippen LogP contribution is 2.21. The molecule has 0 spiro atoms. The molecule has 6 nitrogen and oxygen atoms in total. The van der Waals surface area contributed by atoms with Gasteiger partial charge in [-0.1, -0.05) is 175 Å². The number of hydrogen-bond acceptors (Lipinski definition) is 6. The van der Waals surface area contributed by atoms with Crippen LogP contribution in [0.15, 0.2) is 0 Å². The van der Waals surface area contributed by atoms with Crippen molar-refractivity contribution in [2.24, 2.45) is 5.92 Å². The average Bonchev–Trinajstić information content (AvgIpc) is 3.73. The van der Waals surface area contributed by atoms with E-state index in [0.717, 1.165) is 64.9 Å². The van der Waals surface area contributed by atoms with Crippen LogP contribution in [0.4, 0.5) is 0 Å². The highest BCUT2D eigenvalue weighted by Gasteiger charge is 2.17. The van der Waals surface area contributed by atoms with E-state index in [2.05, 4.69) is 37.5 Å². The van der Waals surface area contributed by atoms with Gasteiger partial charge in [0.1, 0.15) is 6.10 Å². The van der Waals surface area contributed by atoms with Crippen molar-refractivity contribution in [1.82, 2.24) is 9.80 Å². The smallest absolute Gasteiger partial charge is 0.306 e. The summed E-state index contributed by atoms with van der Waals surface area (Å²) in [6.45, 7) is 16.4. The number of rotatable bonds is 43. The van der Waals surface area contributed by atoms with Gasteiger partial charge in [0.2, 0.25) is 0 Å². The highest BCUT2D eigenvalue weighted by atomic mass is 16.5. The van der Waals surface area contributed by atoms with Crippen molar-refractivity contribution >= 4 is 11.9 Å². The molecule has 1 N–H and O–H groups in total. The number of unbranched alkanes of at least 4 members (excludes halogenated alkanes) is 22. The monoisotopic (exact) mass is 790 g/mol. The number of nitrogens with one attached hydrogen (secondary N) is 1. The minimum Gasteiger partial charge on any atom is -0.481 e. The van der Waals surface area contributed by atoms with E-state index in [0.29, 0.717) is 24.7 Å². The van der Waals surface area contributed by atoms with Gasteiger partial charge in [-0.3, -0.25) is 10.2 Å². The minimum atomic E-state index is 0.0187. The predicted octanol–water partition coefficient (Wildman–Crippen LogP) is 14.9. The summed E-state index contributed by atoms with van der Waals surface area (Å²) in [5, 5.41) is 8.77. The summed E-state index contributed by atoms with van der Waals surface area (Å²) in [5.74, 6) is 1.09. The van der Waals surface area contributed by atoms with Crippen molar-refractivity contribution in [2.75, 3.05) is 45.9 Å². The fraction of sp³-hybridized carbons (Fsp3) is 0.960. The van der Waals surface area contributed by atoms with Gasteiger partial charge in [-0.25, -0.2) is 0 Å². The third-order valence-corrected chi connectivity index (χ3v) is 12.4. The van der Waals surface area contributed by atoms with Crippen molar-refractivity contribution < 1.29 is 14.3 Å². The zero-order valence-electron chi connectivity index (χ0n) is 38.5. The lowest BCUT2D eigenvalue weighted by Crippen LogP contribution is -2.36. The summed E-state index contributed by atoms with van der Waals surface area (Å²) in [4.78, 5) is 18.1. The van der Waals surface area contributed by atoms with Crippen molar-refractivity contribution in [1.29, 1.82) is 5.41 Å². The molecule has 1 aliphatic heterocycles. The van der Waals surface area contributed by atoms with Crippen LogP contribution in [0.5, 0.6) is 0 Å². The average molecular weight is 790 g/mol. The molecule has 0 aromatic rings. The number of hydrogen-bond donors (Lipinski definition) is 1. The first-order chi connectivity index (χ1) is 27.5. The zero-order valence-corrected chi connectivity index (χ0v) is 38.5. The van der Waals surface area contributed by atoms with Gasteiger partial charge >= 0.3 is 5.97 Å². The van der Waals surface area contributed by atoms with Gasteiger partial charge in [-0.2, -0.15) is 0 Å². The Balaban J connectivity index is 2.50. The summed E-state index contributed by atoms with van der Waals surface area (Å²) < 4.78 is 12.3. The Morgan fingerprint density at radius 1 is 0.536 bits per heavy atom. The SMILES string of the molecule is CCCCCCCCCCC(CCCCCCCC)COC(=N)CCN(CCCCCC(=O)OC(CCCCCC)CCCCCCCC)CCN1CCCC1. The first kappa shape index (κ1) is 52.9. The van der Waals surface area contributed by atoms with Crippen LogP contribution in [-0.4, -0.2) is 73.6 Å². The maximum absolute atomic E-state index is 12.9. The first-order valence-corrected chi connectivity index (χ1v) is 25.4. The Labute approximate surface area is 350 Å². The molecule has 1 heterocycles. The van der Waals surface area contributed by atoms with Gasteiger partial charge in [0.05, 0.1) is 6.61 Å². The molecule has 0 amide bonds. The number of esters is 1. The number of ether oxygens (including phenoxy) is 2. The maximum Gasteiger partial charge on any atom is 0.306 e. The van der Waals surface area contributed by atoms with Gasteiger partial charge in [-0.15, -0.1) is 0 Å². The van der Waals surface area contributed by atoms with E-state index in [1.165, 1.54) is 193 Å². The first-order valence-electron chi connectivity index (χ1n) is 25.4. The minimum absolute atomic E-state index is 0.0187. The maximum atomic E-state index is 12.9. The van der Waals surface area contributed by atoms with Crippen molar-refractivity contribution in [3.63, 3.8) is 0 Å². The molecule has 1 saturated heterocycles. The van der Waals surface area contributed by atoms with Crippen LogP contribution in [-0.2, 0) is 14.3 Å². The Morgan fingerprint density at radius 2 is 0.982 bits per heavy atom. The molecule has 0 saturated carbocycles. The van der Waals surface area contributed by atoms with Crippen LogP contribution >= 0.6 is 0 Å². The van der Waals surface area contributed by atoms with Crippen LogP contribution in [0.2, 0.25) is 0 Å². The molecule has 2 unspecified atom stereocenters. The summed E-state index contributed by atoms with van der Waals surface area (Å²) >= 11 is 0. The number of carbonyl (C=O) groups excluding carboxylic acids is 1. The molecule has 1 fully saturated rings. The third kappa shape index (κ3) is 33.8. The quantitative estimate of drug-likeness (QED) is 0.0288. The fourth-order valence-electron chi connectivity index (χ4n) is 8.51. The van der Waals surface area contributed by atoms with Crippen molar-refractivity contribution in [3.05, 3.63) is 0 Å². The molecule has 0 aromatic heterocycles. The summed E-state index contributed by atoms with van der Waals surface area (Å²) in [5.41, 5.74) is 0. The molecule has 332 valence electrons. The molecule has 1 aliphatic rings. The standard InChI is InChI=1S/C50H99N3O3/c1-5-9-13-17-20-21-23-27-35-47(34-26-22-18-14-10-6-2)46-55-49(51)39-43-53(45-44-52-41-32-33-42-52)40-31-25-30-38-50(54)56-48(36-28-16-12-8-4)37-29-24-19-15-11-7-3/h47-48,51H,5-46H2,1-4H3. The summed E-state index contributed by atoms with van der Waals surface area (Å²) in [7, 11) is 0. The summed E-state index contributed by atoms with van der Waals surface area (Å²) in [6.07, 6.45) is 43.3. The lowest BCUT2D eigenvalue weighted by molar-refractivity contribution is -0.150. The van der Waals surface area contributed by atoms with Crippen LogP contribution < -0.4 is 0 Å². The van der Waals surface area contributed by atoms with Crippen LogP contribution in [0.25, 0.3) is 0 Å². The molecule has 0 aromatic carbocycles. The van der Waals surface area contributed by atoms with E-state index >= 15 is 0 Å². The number of carbonyl (C=O) groups is 1. The second-order valence-electron chi connectivity index (χ2n) is 17.9. The number of likely N-dealkylation sites (tertiary alicyclic amines) is 1. The zero-order chi connectivity index (χ0) is 40.6. The molecule has 6 heteroatoms. The Bertz CT molecular complexity index is 847. The molecule has 0 radical (unpaired) electrons.